The third kappa shape index (κ3) is 2.59. The Balaban J connectivity index is 1.32. The molecule has 0 radical (unpaired) electrons. The van der Waals surface area contributed by atoms with Gasteiger partial charge in [-0.2, -0.15) is 0 Å². The van der Waals surface area contributed by atoms with Crippen LogP contribution in [0.25, 0.3) is 0 Å². The largest absolute Gasteiger partial charge is 0.461 e. The summed E-state index contributed by atoms with van der Waals surface area (Å²) in [5.41, 5.74) is -1.91. The number of carbonyl (C=O) groups excluding carboxylic acids is 1. The van der Waals surface area contributed by atoms with Gasteiger partial charge in [0.05, 0.1) is 23.7 Å². The van der Waals surface area contributed by atoms with Crippen molar-refractivity contribution in [2.75, 3.05) is 13.2 Å². The SMILES string of the molecule is C[C@]12O[C@@H]3C[C@](O)(O1)[C@@H]1C[C@@]2(O[C@@H]2O[C@H](CO)[C@@H](O)[C@H](O)[C@H]2O)[C@@]13COC(=O)c1ccccc1. The summed E-state index contributed by atoms with van der Waals surface area (Å²) in [6, 6.07) is 8.49. The molecule has 11 atom stereocenters. The first kappa shape index (κ1) is 22.8. The topological polar surface area (TPSA) is 164 Å². The van der Waals surface area contributed by atoms with Gasteiger partial charge in [-0.15, -0.1) is 0 Å². The highest BCUT2D eigenvalue weighted by Gasteiger charge is 2.94. The third-order valence-electron chi connectivity index (χ3n) is 8.55. The summed E-state index contributed by atoms with van der Waals surface area (Å²) in [4.78, 5) is 12.7. The van der Waals surface area contributed by atoms with Gasteiger partial charge in [0.2, 0.25) is 0 Å². The van der Waals surface area contributed by atoms with Gasteiger partial charge in [-0.25, -0.2) is 4.79 Å². The van der Waals surface area contributed by atoms with Crippen LogP contribution in [0, 0.1) is 11.3 Å². The van der Waals surface area contributed by atoms with Crippen molar-refractivity contribution in [2.24, 2.45) is 11.3 Å². The molecule has 0 spiro atoms. The summed E-state index contributed by atoms with van der Waals surface area (Å²) in [6.45, 7) is 0.881. The molecule has 1 aromatic rings. The number of carbonyl (C=O) groups is 1. The molecular weight excluding hydrogens is 452 g/mol. The lowest BCUT2D eigenvalue weighted by Gasteiger charge is -2.68. The van der Waals surface area contributed by atoms with E-state index < -0.39 is 77.9 Å². The van der Waals surface area contributed by atoms with E-state index in [4.69, 9.17) is 23.7 Å². The van der Waals surface area contributed by atoms with Crippen LogP contribution in [0.3, 0.4) is 0 Å². The molecule has 5 heterocycles. The minimum Gasteiger partial charge on any atom is -0.461 e. The van der Waals surface area contributed by atoms with Crippen molar-refractivity contribution < 1.29 is 54.0 Å². The van der Waals surface area contributed by atoms with Crippen LogP contribution in [0.2, 0.25) is 0 Å². The van der Waals surface area contributed by atoms with Gasteiger partial charge in [0.15, 0.2) is 17.9 Å². The van der Waals surface area contributed by atoms with Gasteiger partial charge in [-0.3, -0.25) is 0 Å². The highest BCUT2D eigenvalue weighted by atomic mass is 16.8. The van der Waals surface area contributed by atoms with Crippen LogP contribution in [-0.2, 0) is 23.7 Å². The van der Waals surface area contributed by atoms with E-state index in [0.29, 0.717) is 5.56 Å². The quantitative estimate of drug-likeness (QED) is 0.306. The Morgan fingerprint density at radius 2 is 1.85 bits per heavy atom. The zero-order valence-electron chi connectivity index (χ0n) is 18.4. The summed E-state index contributed by atoms with van der Waals surface area (Å²) >= 11 is 0. The molecule has 5 N–H and O–H groups in total. The van der Waals surface area contributed by atoms with Crippen molar-refractivity contribution in [3.8, 4) is 0 Å². The summed E-state index contributed by atoms with van der Waals surface area (Å²) in [5.74, 6) is -3.93. The second kappa shape index (κ2) is 7.19. The standard InChI is InChI=1S/C23H28O11/c1-20-23(33-19-17(27)16(26)15(25)12(9-24)31-19)7-13-21(23,14(32-20)8-22(13,29)34-20)10-30-18(28)11-5-3-2-4-6-11/h2-6,12-17,19,24-27,29H,7-10H2,1H3/t12-,13-,14-,15-,16+,17-,19+,20+,21+,22+,23+/m1/s1. The molecule has 6 bridgehead atoms. The summed E-state index contributed by atoms with van der Waals surface area (Å²) in [5, 5.41) is 51.7. The number of hydrogen-bond acceptors (Lipinski definition) is 11. The highest BCUT2D eigenvalue weighted by molar-refractivity contribution is 5.89. The zero-order valence-corrected chi connectivity index (χ0v) is 18.4. The molecule has 11 nitrogen and oxygen atoms in total. The smallest absolute Gasteiger partial charge is 0.338 e. The molecule has 5 saturated heterocycles. The van der Waals surface area contributed by atoms with E-state index in [0.717, 1.165) is 0 Å². The van der Waals surface area contributed by atoms with Crippen LogP contribution in [0.15, 0.2) is 30.3 Å². The predicted octanol–water partition coefficient (Wildman–Crippen LogP) is -1.36. The number of esters is 1. The molecule has 1 aromatic carbocycles. The van der Waals surface area contributed by atoms with Crippen molar-refractivity contribution >= 4 is 5.97 Å². The lowest BCUT2D eigenvalue weighted by molar-refractivity contribution is -0.497. The van der Waals surface area contributed by atoms with E-state index >= 15 is 0 Å². The van der Waals surface area contributed by atoms with Crippen LogP contribution >= 0.6 is 0 Å². The van der Waals surface area contributed by atoms with E-state index in [-0.39, 0.29) is 19.4 Å². The first-order chi connectivity index (χ1) is 16.1. The molecule has 0 unspecified atom stereocenters. The van der Waals surface area contributed by atoms with Crippen LogP contribution in [0.5, 0.6) is 0 Å². The van der Waals surface area contributed by atoms with E-state index in [1.165, 1.54) is 0 Å². The van der Waals surface area contributed by atoms with Gasteiger partial charge < -0.3 is 49.2 Å². The molecule has 11 heteroatoms. The average molecular weight is 480 g/mol. The van der Waals surface area contributed by atoms with Crippen molar-refractivity contribution in [1.29, 1.82) is 0 Å². The van der Waals surface area contributed by atoms with Crippen molar-refractivity contribution in [3.05, 3.63) is 35.9 Å². The molecule has 34 heavy (non-hydrogen) atoms. The van der Waals surface area contributed by atoms with Gasteiger partial charge in [0.1, 0.15) is 36.6 Å². The minimum atomic E-state index is -1.63. The zero-order chi connectivity index (χ0) is 24.1. The summed E-state index contributed by atoms with van der Waals surface area (Å²) < 4.78 is 29.7. The van der Waals surface area contributed by atoms with Crippen molar-refractivity contribution in [3.63, 3.8) is 0 Å². The second-order valence-corrected chi connectivity index (χ2v) is 10.1. The fourth-order valence-corrected chi connectivity index (χ4v) is 6.91. The monoisotopic (exact) mass is 480 g/mol. The van der Waals surface area contributed by atoms with E-state index in [1.807, 2.05) is 0 Å². The first-order valence-corrected chi connectivity index (χ1v) is 11.4. The average Bonchev–Trinajstić information content (AvgIpc) is 3.00. The van der Waals surface area contributed by atoms with Crippen LogP contribution < -0.4 is 0 Å². The molecule has 0 aromatic heterocycles. The number of rotatable bonds is 6. The third-order valence-corrected chi connectivity index (χ3v) is 8.55. The van der Waals surface area contributed by atoms with Gasteiger partial charge in [0.25, 0.3) is 0 Å². The van der Waals surface area contributed by atoms with Gasteiger partial charge in [-0.05, 0) is 25.5 Å². The van der Waals surface area contributed by atoms with Crippen LogP contribution in [-0.4, -0.2) is 98.7 Å². The number of hydrogen-bond donors (Lipinski definition) is 5. The number of benzene rings is 1. The van der Waals surface area contributed by atoms with Crippen LogP contribution in [0.4, 0.5) is 0 Å². The fraction of sp³-hybridized carbons (Fsp3) is 0.696. The van der Waals surface area contributed by atoms with E-state index in [9.17, 15) is 30.3 Å². The second-order valence-electron chi connectivity index (χ2n) is 10.1. The lowest BCUT2D eigenvalue weighted by atomic mass is 9.47. The Morgan fingerprint density at radius 3 is 2.56 bits per heavy atom. The predicted molar refractivity (Wildman–Crippen MR) is 109 cm³/mol. The van der Waals surface area contributed by atoms with Crippen molar-refractivity contribution in [2.45, 2.75) is 73.8 Å². The Labute approximate surface area is 194 Å². The van der Waals surface area contributed by atoms with E-state index in [1.54, 1.807) is 37.3 Å². The van der Waals surface area contributed by atoms with Crippen LogP contribution in [0.1, 0.15) is 30.1 Å². The normalized spacial score (nSPS) is 52.5. The van der Waals surface area contributed by atoms with E-state index in [2.05, 4.69) is 0 Å². The first-order valence-electron chi connectivity index (χ1n) is 11.4. The van der Waals surface area contributed by atoms with Crippen molar-refractivity contribution in [1.82, 2.24) is 0 Å². The number of aliphatic hydroxyl groups excluding tert-OH is 4. The molecule has 2 aliphatic carbocycles. The number of aliphatic hydroxyl groups is 5. The fourth-order valence-electron chi connectivity index (χ4n) is 6.91. The molecule has 7 aliphatic rings. The molecule has 0 amide bonds. The summed E-state index contributed by atoms with van der Waals surface area (Å²) in [7, 11) is 0. The maximum absolute atomic E-state index is 12.7. The van der Waals surface area contributed by atoms with Gasteiger partial charge in [-0.1, -0.05) is 18.2 Å². The molecular formula is C23H28O11. The Bertz CT molecular complexity index is 988. The molecule has 2 saturated carbocycles. The lowest BCUT2D eigenvalue weighted by Crippen LogP contribution is -2.81. The summed E-state index contributed by atoms with van der Waals surface area (Å²) in [6.07, 6.45) is -7.49. The highest BCUT2D eigenvalue weighted by Crippen LogP contribution is 2.81. The maximum atomic E-state index is 12.7. The molecule has 186 valence electrons. The van der Waals surface area contributed by atoms with Gasteiger partial charge in [0, 0.05) is 12.3 Å². The Morgan fingerprint density at radius 1 is 1.12 bits per heavy atom. The van der Waals surface area contributed by atoms with Gasteiger partial charge >= 0.3 is 5.97 Å². The molecule has 5 aliphatic heterocycles. The Hall–Kier alpha value is -1.67. The molecule has 7 fully saturated rings. The number of ether oxygens (including phenoxy) is 5. The maximum Gasteiger partial charge on any atom is 0.338 e. The Kier molecular flexibility index (Phi) is 4.81. The molecule has 8 rings (SSSR count). The minimum absolute atomic E-state index is 0.130.